The minimum absolute atomic E-state index is 0.113. The fourth-order valence-corrected chi connectivity index (χ4v) is 3.46. The van der Waals surface area contributed by atoms with E-state index in [4.69, 9.17) is 19.9 Å². The molecule has 5 heteroatoms. The van der Waals surface area contributed by atoms with E-state index in [1.54, 1.807) is 21.3 Å². The van der Waals surface area contributed by atoms with Crippen molar-refractivity contribution < 1.29 is 14.2 Å². The van der Waals surface area contributed by atoms with Crippen molar-refractivity contribution in [2.24, 2.45) is 5.73 Å². The average Bonchev–Trinajstić information content (AvgIpc) is 2.67. The van der Waals surface area contributed by atoms with Gasteiger partial charge in [0.1, 0.15) is 17.2 Å². The predicted octanol–water partition coefficient (Wildman–Crippen LogP) is 3.03. The van der Waals surface area contributed by atoms with Crippen LogP contribution in [0.15, 0.2) is 42.5 Å². The highest BCUT2D eigenvalue weighted by Gasteiger charge is 2.27. The number of hydrogen-bond donors (Lipinski definition) is 1. The Kier molecular flexibility index (Phi) is 5.34. The number of hydrogen-bond acceptors (Lipinski definition) is 5. The monoisotopic (exact) mass is 342 g/mol. The van der Waals surface area contributed by atoms with Gasteiger partial charge in [-0.25, -0.2) is 0 Å². The van der Waals surface area contributed by atoms with Gasteiger partial charge in [-0.2, -0.15) is 0 Å². The Bertz CT molecular complexity index is 698. The van der Waals surface area contributed by atoms with E-state index in [1.807, 2.05) is 30.3 Å². The molecule has 134 valence electrons. The van der Waals surface area contributed by atoms with Crippen LogP contribution in [0.1, 0.15) is 17.9 Å². The molecule has 2 unspecified atom stereocenters. The van der Waals surface area contributed by atoms with Gasteiger partial charge < -0.3 is 24.8 Å². The highest BCUT2D eigenvalue weighted by Crippen LogP contribution is 2.34. The first-order valence-electron chi connectivity index (χ1n) is 8.50. The molecule has 0 amide bonds. The summed E-state index contributed by atoms with van der Waals surface area (Å²) < 4.78 is 16.2. The van der Waals surface area contributed by atoms with Crippen LogP contribution in [0, 0.1) is 0 Å². The third-order valence-corrected chi connectivity index (χ3v) is 4.75. The molecule has 2 aromatic rings. The van der Waals surface area contributed by atoms with Crippen LogP contribution in [-0.2, 0) is 0 Å². The molecular formula is C20H26N2O3. The van der Waals surface area contributed by atoms with E-state index >= 15 is 0 Å². The van der Waals surface area contributed by atoms with E-state index in [0.717, 1.165) is 42.4 Å². The van der Waals surface area contributed by atoms with Crippen LogP contribution in [-0.4, -0.2) is 40.5 Å². The van der Waals surface area contributed by atoms with Crippen molar-refractivity contribution in [2.45, 2.75) is 18.4 Å². The molecule has 1 saturated heterocycles. The number of rotatable bonds is 5. The molecule has 0 aromatic heterocycles. The zero-order valence-corrected chi connectivity index (χ0v) is 15.1. The molecule has 0 spiro atoms. The van der Waals surface area contributed by atoms with Crippen molar-refractivity contribution in [3.05, 3.63) is 48.0 Å². The normalized spacial score (nSPS) is 20.2. The Hall–Kier alpha value is -2.40. The fourth-order valence-electron chi connectivity index (χ4n) is 3.46. The maximum atomic E-state index is 6.37. The van der Waals surface area contributed by atoms with E-state index in [1.165, 1.54) is 5.56 Å². The number of nitrogens with zero attached hydrogens (tertiary/aromatic N) is 1. The van der Waals surface area contributed by atoms with Crippen molar-refractivity contribution >= 4 is 5.69 Å². The summed E-state index contributed by atoms with van der Waals surface area (Å²) in [6.45, 7) is 1.72. The zero-order valence-electron chi connectivity index (χ0n) is 15.1. The van der Waals surface area contributed by atoms with E-state index in [2.05, 4.69) is 17.0 Å². The first kappa shape index (κ1) is 17.4. The van der Waals surface area contributed by atoms with Crippen LogP contribution < -0.4 is 24.8 Å². The predicted molar refractivity (Wildman–Crippen MR) is 100 cm³/mol. The van der Waals surface area contributed by atoms with Gasteiger partial charge in [0.25, 0.3) is 0 Å². The molecule has 1 aliphatic heterocycles. The van der Waals surface area contributed by atoms with Gasteiger partial charge in [0, 0.05) is 48.9 Å². The first-order chi connectivity index (χ1) is 12.1. The molecule has 1 fully saturated rings. The molecule has 1 heterocycles. The summed E-state index contributed by atoms with van der Waals surface area (Å²) in [6.07, 6.45) is 0.963. The van der Waals surface area contributed by atoms with Gasteiger partial charge in [-0.3, -0.25) is 0 Å². The molecule has 1 aliphatic rings. The third kappa shape index (κ3) is 3.99. The van der Waals surface area contributed by atoms with E-state index < -0.39 is 0 Å². The second-order valence-corrected chi connectivity index (χ2v) is 6.45. The van der Waals surface area contributed by atoms with E-state index in [9.17, 15) is 0 Å². The largest absolute Gasteiger partial charge is 0.497 e. The summed E-state index contributed by atoms with van der Waals surface area (Å²) in [5, 5.41) is 0. The van der Waals surface area contributed by atoms with Crippen molar-refractivity contribution in [1.29, 1.82) is 0 Å². The second-order valence-electron chi connectivity index (χ2n) is 6.45. The fraction of sp³-hybridized carbons (Fsp3) is 0.400. The van der Waals surface area contributed by atoms with Crippen molar-refractivity contribution in [2.75, 3.05) is 39.3 Å². The van der Waals surface area contributed by atoms with Crippen LogP contribution in [0.25, 0.3) is 0 Å². The summed E-state index contributed by atoms with van der Waals surface area (Å²) >= 11 is 0. The number of benzene rings is 2. The van der Waals surface area contributed by atoms with Crippen LogP contribution in [0.4, 0.5) is 5.69 Å². The van der Waals surface area contributed by atoms with Crippen LogP contribution in [0.2, 0.25) is 0 Å². The standard InChI is InChI=1S/C20H26N2O3/c1-23-18-6-4-5-14(8-18)15-7-16(21)13-22(12-15)17-9-19(24-2)11-20(10-17)25-3/h4-6,8-11,15-16H,7,12-13,21H2,1-3H3. The van der Waals surface area contributed by atoms with Gasteiger partial charge >= 0.3 is 0 Å². The molecule has 0 radical (unpaired) electrons. The molecule has 0 aliphatic carbocycles. The molecular weight excluding hydrogens is 316 g/mol. The van der Waals surface area contributed by atoms with Gasteiger partial charge in [0.15, 0.2) is 0 Å². The lowest BCUT2D eigenvalue weighted by Gasteiger charge is -2.38. The molecule has 25 heavy (non-hydrogen) atoms. The lowest BCUT2D eigenvalue weighted by atomic mass is 9.88. The van der Waals surface area contributed by atoms with Crippen LogP contribution in [0.3, 0.4) is 0 Å². The molecule has 2 N–H and O–H groups in total. The Morgan fingerprint density at radius 1 is 0.880 bits per heavy atom. The lowest BCUT2D eigenvalue weighted by molar-refractivity contribution is 0.393. The Labute approximate surface area is 149 Å². The van der Waals surface area contributed by atoms with E-state index in [0.29, 0.717) is 5.92 Å². The molecule has 5 nitrogen and oxygen atoms in total. The first-order valence-corrected chi connectivity index (χ1v) is 8.50. The maximum absolute atomic E-state index is 6.37. The zero-order chi connectivity index (χ0) is 17.8. The quantitative estimate of drug-likeness (QED) is 0.905. The van der Waals surface area contributed by atoms with Crippen molar-refractivity contribution in [1.82, 2.24) is 0 Å². The molecule has 2 atom stereocenters. The number of methoxy groups -OCH3 is 3. The highest BCUT2D eigenvalue weighted by molar-refractivity contribution is 5.56. The summed E-state index contributed by atoms with van der Waals surface area (Å²) in [7, 11) is 5.03. The molecule has 3 rings (SSSR count). The molecule has 2 aromatic carbocycles. The number of nitrogens with two attached hydrogens (primary N) is 1. The Balaban J connectivity index is 1.87. The number of piperidine rings is 1. The average molecular weight is 342 g/mol. The van der Waals surface area contributed by atoms with Gasteiger partial charge in [0.05, 0.1) is 21.3 Å². The summed E-state index contributed by atoms with van der Waals surface area (Å²) in [4.78, 5) is 2.31. The smallest absolute Gasteiger partial charge is 0.124 e. The van der Waals surface area contributed by atoms with Crippen molar-refractivity contribution in [3.8, 4) is 17.2 Å². The van der Waals surface area contributed by atoms with E-state index in [-0.39, 0.29) is 6.04 Å². The Morgan fingerprint density at radius 3 is 2.20 bits per heavy atom. The number of ether oxygens (including phenoxy) is 3. The summed E-state index contributed by atoms with van der Waals surface area (Å²) in [5.41, 5.74) is 8.69. The van der Waals surface area contributed by atoms with Gasteiger partial charge in [-0.15, -0.1) is 0 Å². The summed E-state index contributed by atoms with van der Waals surface area (Å²) in [6, 6.07) is 14.3. The minimum Gasteiger partial charge on any atom is -0.497 e. The van der Waals surface area contributed by atoms with Gasteiger partial charge in [-0.1, -0.05) is 12.1 Å². The molecule has 0 bridgehead atoms. The summed E-state index contributed by atoms with van der Waals surface area (Å²) in [5.74, 6) is 2.81. The SMILES string of the molecule is COc1cccc(C2CC(N)CN(c3cc(OC)cc(OC)c3)C2)c1. The highest BCUT2D eigenvalue weighted by atomic mass is 16.5. The van der Waals surface area contributed by atoms with Crippen molar-refractivity contribution in [3.63, 3.8) is 0 Å². The maximum Gasteiger partial charge on any atom is 0.124 e. The minimum atomic E-state index is 0.113. The molecule has 0 saturated carbocycles. The van der Waals surface area contributed by atoms with Crippen LogP contribution >= 0.6 is 0 Å². The topological polar surface area (TPSA) is 57.0 Å². The van der Waals surface area contributed by atoms with Gasteiger partial charge in [0.2, 0.25) is 0 Å². The third-order valence-electron chi connectivity index (χ3n) is 4.75. The number of anilines is 1. The Morgan fingerprint density at radius 2 is 1.56 bits per heavy atom. The van der Waals surface area contributed by atoms with Crippen LogP contribution in [0.5, 0.6) is 17.2 Å². The lowest BCUT2D eigenvalue weighted by Crippen LogP contribution is -2.46. The second kappa shape index (κ2) is 7.66. The van der Waals surface area contributed by atoms with Gasteiger partial charge in [-0.05, 0) is 24.1 Å².